The molecule has 26 heavy (non-hydrogen) atoms. The van der Waals surface area contributed by atoms with E-state index in [0.717, 1.165) is 23.5 Å². The zero-order chi connectivity index (χ0) is 17.7. The number of carbonyl (C=O) groups is 1. The van der Waals surface area contributed by atoms with Gasteiger partial charge in [-0.15, -0.1) is 0 Å². The summed E-state index contributed by atoms with van der Waals surface area (Å²) in [6.45, 7) is 1.03. The van der Waals surface area contributed by atoms with E-state index in [9.17, 15) is 4.79 Å². The van der Waals surface area contributed by atoms with Gasteiger partial charge in [0.2, 0.25) is 0 Å². The van der Waals surface area contributed by atoms with E-state index < -0.39 is 0 Å². The van der Waals surface area contributed by atoms with Crippen molar-refractivity contribution in [2.75, 3.05) is 5.32 Å². The third-order valence-electron chi connectivity index (χ3n) is 5.24. The topological polar surface area (TPSA) is 51.9 Å². The minimum absolute atomic E-state index is 0.112. The Morgan fingerprint density at radius 1 is 1.19 bits per heavy atom. The first-order chi connectivity index (χ1) is 12.7. The van der Waals surface area contributed by atoms with Crippen LogP contribution < -0.4 is 5.32 Å². The van der Waals surface area contributed by atoms with E-state index in [-0.39, 0.29) is 5.91 Å². The molecule has 4 aromatic rings. The molecule has 1 aliphatic rings. The minimum atomic E-state index is -0.112. The van der Waals surface area contributed by atoms with Crippen LogP contribution in [0.1, 0.15) is 23.3 Å². The number of aryl methyl sites for hydroxylation is 1. The van der Waals surface area contributed by atoms with Crippen molar-refractivity contribution in [3.05, 3.63) is 60.6 Å². The summed E-state index contributed by atoms with van der Waals surface area (Å²) in [4.78, 5) is 16.9. The number of hydrogen-bond acceptors (Lipinski definition) is 2. The van der Waals surface area contributed by atoms with Gasteiger partial charge < -0.3 is 14.5 Å². The van der Waals surface area contributed by atoms with Crippen molar-refractivity contribution in [1.29, 1.82) is 0 Å². The monoisotopic (exact) mass is 344 g/mol. The number of hydrogen-bond donors (Lipinski definition) is 1. The molecule has 0 spiro atoms. The Bertz CT molecular complexity index is 1120. The van der Waals surface area contributed by atoms with Gasteiger partial charge in [0.1, 0.15) is 5.69 Å². The molecular weight excluding hydrogens is 324 g/mol. The number of rotatable bonds is 4. The highest BCUT2D eigenvalue weighted by Crippen LogP contribution is 2.36. The van der Waals surface area contributed by atoms with Gasteiger partial charge in [0.25, 0.3) is 5.91 Å². The molecule has 0 atom stereocenters. The van der Waals surface area contributed by atoms with Gasteiger partial charge in [0, 0.05) is 25.2 Å². The van der Waals surface area contributed by atoms with Gasteiger partial charge >= 0.3 is 0 Å². The lowest BCUT2D eigenvalue weighted by molar-refractivity contribution is 0.101. The SMILES string of the molecule is Cn1c(C(=O)Nc2cccnc2)cc2c1c1ccccc1n2CC1CC1. The van der Waals surface area contributed by atoms with E-state index in [4.69, 9.17) is 0 Å². The van der Waals surface area contributed by atoms with E-state index in [1.807, 2.05) is 29.8 Å². The molecule has 3 aromatic heterocycles. The molecule has 1 N–H and O–H groups in total. The standard InChI is InChI=1S/C21H20N4O/c1-24-19(21(26)23-15-5-4-10-22-12-15)11-18-20(24)16-6-2-3-7-17(16)25(18)13-14-8-9-14/h2-7,10-12,14H,8-9,13H2,1H3,(H,23,26). The van der Waals surface area contributed by atoms with Crippen molar-refractivity contribution in [3.8, 4) is 0 Å². The summed E-state index contributed by atoms with van der Waals surface area (Å²) in [6.07, 6.45) is 5.95. The number of anilines is 1. The van der Waals surface area contributed by atoms with Crippen LogP contribution in [0.25, 0.3) is 21.9 Å². The molecule has 1 fully saturated rings. The number of benzene rings is 1. The summed E-state index contributed by atoms with van der Waals surface area (Å²) >= 11 is 0. The van der Waals surface area contributed by atoms with Crippen LogP contribution in [0.4, 0.5) is 5.69 Å². The lowest BCUT2D eigenvalue weighted by Gasteiger charge is -2.07. The molecule has 0 bridgehead atoms. The fourth-order valence-electron chi connectivity index (χ4n) is 3.76. The second-order valence-electron chi connectivity index (χ2n) is 7.09. The number of pyridine rings is 1. The van der Waals surface area contributed by atoms with Gasteiger partial charge in [-0.3, -0.25) is 9.78 Å². The highest BCUT2D eigenvalue weighted by molar-refractivity contribution is 6.12. The lowest BCUT2D eigenvalue weighted by atomic mass is 10.2. The van der Waals surface area contributed by atoms with Crippen molar-refractivity contribution in [1.82, 2.24) is 14.1 Å². The Morgan fingerprint density at radius 2 is 2.04 bits per heavy atom. The Hall–Kier alpha value is -3.08. The van der Waals surface area contributed by atoms with Crippen LogP contribution in [0.15, 0.2) is 54.9 Å². The summed E-state index contributed by atoms with van der Waals surface area (Å²) in [7, 11) is 1.97. The summed E-state index contributed by atoms with van der Waals surface area (Å²) in [5.41, 5.74) is 4.87. The second-order valence-corrected chi connectivity index (χ2v) is 7.09. The maximum Gasteiger partial charge on any atom is 0.272 e. The van der Waals surface area contributed by atoms with Crippen LogP contribution in [0.2, 0.25) is 0 Å². The zero-order valence-electron chi connectivity index (χ0n) is 14.6. The van der Waals surface area contributed by atoms with Gasteiger partial charge in [0.15, 0.2) is 0 Å². The van der Waals surface area contributed by atoms with E-state index >= 15 is 0 Å². The van der Waals surface area contributed by atoms with Crippen molar-refractivity contribution in [2.24, 2.45) is 13.0 Å². The van der Waals surface area contributed by atoms with E-state index in [2.05, 4.69) is 39.1 Å². The zero-order valence-corrected chi connectivity index (χ0v) is 14.6. The molecule has 3 heterocycles. The molecule has 1 saturated carbocycles. The Labute approximate surface area is 151 Å². The van der Waals surface area contributed by atoms with Crippen molar-refractivity contribution in [3.63, 3.8) is 0 Å². The summed E-state index contributed by atoms with van der Waals surface area (Å²) < 4.78 is 4.38. The molecule has 5 rings (SSSR count). The lowest BCUT2D eigenvalue weighted by Crippen LogP contribution is -2.15. The predicted molar refractivity (Wildman–Crippen MR) is 103 cm³/mol. The van der Waals surface area contributed by atoms with Crippen LogP contribution in [0, 0.1) is 5.92 Å². The highest BCUT2D eigenvalue weighted by Gasteiger charge is 2.26. The van der Waals surface area contributed by atoms with E-state index in [1.54, 1.807) is 12.4 Å². The van der Waals surface area contributed by atoms with Gasteiger partial charge in [-0.05, 0) is 43.0 Å². The van der Waals surface area contributed by atoms with Gasteiger partial charge in [0.05, 0.1) is 28.4 Å². The average molecular weight is 344 g/mol. The maximum atomic E-state index is 12.8. The quantitative estimate of drug-likeness (QED) is 0.603. The van der Waals surface area contributed by atoms with Crippen LogP contribution in [-0.4, -0.2) is 20.0 Å². The number of amides is 1. The first-order valence-electron chi connectivity index (χ1n) is 9.00. The highest BCUT2D eigenvalue weighted by atomic mass is 16.1. The van der Waals surface area contributed by atoms with Crippen LogP contribution >= 0.6 is 0 Å². The predicted octanol–water partition coefficient (Wildman–Crippen LogP) is 4.19. The van der Waals surface area contributed by atoms with Gasteiger partial charge in [-0.2, -0.15) is 0 Å². The molecule has 1 aliphatic carbocycles. The van der Waals surface area contributed by atoms with E-state index in [1.165, 1.54) is 23.7 Å². The minimum Gasteiger partial charge on any atom is -0.339 e. The van der Waals surface area contributed by atoms with Crippen molar-refractivity contribution < 1.29 is 4.79 Å². The number of fused-ring (bicyclic) bond motifs is 3. The first-order valence-corrected chi connectivity index (χ1v) is 9.00. The van der Waals surface area contributed by atoms with Crippen LogP contribution in [-0.2, 0) is 13.6 Å². The summed E-state index contributed by atoms with van der Waals surface area (Å²) in [5, 5.41) is 4.14. The molecule has 1 amide bonds. The van der Waals surface area contributed by atoms with Gasteiger partial charge in [-0.25, -0.2) is 0 Å². The largest absolute Gasteiger partial charge is 0.339 e. The fraction of sp³-hybridized carbons (Fsp3) is 0.238. The Kier molecular flexibility index (Phi) is 3.35. The number of para-hydroxylation sites is 1. The smallest absolute Gasteiger partial charge is 0.272 e. The second kappa shape index (κ2) is 5.73. The average Bonchev–Trinajstić information content (AvgIpc) is 3.34. The van der Waals surface area contributed by atoms with Crippen LogP contribution in [0.3, 0.4) is 0 Å². The third-order valence-corrected chi connectivity index (χ3v) is 5.24. The molecule has 0 radical (unpaired) electrons. The number of aromatic nitrogens is 3. The maximum absolute atomic E-state index is 12.8. The van der Waals surface area contributed by atoms with Crippen LogP contribution in [0.5, 0.6) is 0 Å². The Balaban J connectivity index is 1.63. The Morgan fingerprint density at radius 3 is 2.81 bits per heavy atom. The first kappa shape index (κ1) is 15.2. The summed E-state index contributed by atoms with van der Waals surface area (Å²) in [6, 6.07) is 14.1. The fourth-order valence-corrected chi connectivity index (χ4v) is 3.76. The number of carbonyl (C=O) groups excluding carboxylic acids is 1. The normalized spacial score (nSPS) is 14.2. The van der Waals surface area contributed by atoms with Crippen molar-refractivity contribution >= 4 is 33.5 Å². The molecule has 0 aliphatic heterocycles. The summed E-state index contributed by atoms with van der Waals surface area (Å²) in [5.74, 6) is 0.653. The number of nitrogens with one attached hydrogen (secondary N) is 1. The van der Waals surface area contributed by atoms with Crippen molar-refractivity contribution in [2.45, 2.75) is 19.4 Å². The number of nitrogens with zero attached hydrogens (tertiary/aromatic N) is 3. The van der Waals surface area contributed by atoms with Gasteiger partial charge in [-0.1, -0.05) is 18.2 Å². The molecule has 5 heteroatoms. The molecule has 0 saturated heterocycles. The molecule has 1 aromatic carbocycles. The van der Waals surface area contributed by atoms with E-state index in [0.29, 0.717) is 11.4 Å². The molecule has 130 valence electrons. The molecule has 5 nitrogen and oxygen atoms in total. The molecule has 0 unspecified atom stereocenters. The third kappa shape index (κ3) is 2.39. The molecular formula is C21H20N4O.